The topological polar surface area (TPSA) is 72.8 Å². The van der Waals surface area contributed by atoms with Crippen LogP contribution < -0.4 is 0 Å². The van der Waals surface area contributed by atoms with Crippen LogP contribution in [0.2, 0.25) is 0 Å². The summed E-state index contributed by atoms with van der Waals surface area (Å²) in [6.07, 6.45) is 1.41. The highest BCUT2D eigenvalue weighted by Gasteiger charge is 2.52. The van der Waals surface area contributed by atoms with Gasteiger partial charge in [-0.25, -0.2) is 0 Å². The van der Waals surface area contributed by atoms with Crippen LogP contribution in [0.1, 0.15) is 39.2 Å². The smallest absolute Gasteiger partial charge is 0.316 e. The van der Waals surface area contributed by atoms with Gasteiger partial charge in [-0.15, -0.1) is 0 Å². The van der Waals surface area contributed by atoms with Crippen LogP contribution >= 0.6 is 0 Å². The highest BCUT2D eigenvalue weighted by atomic mass is 16.5. The van der Waals surface area contributed by atoms with E-state index in [1.165, 1.54) is 7.11 Å². The summed E-state index contributed by atoms with van der Waals surface area (Å²) in [5, 5.41) is 0. The third-order valence-electron chi connectivity index (χ3n) is 4.99. The van der Waals surface area contributed by atoms with Crippen LogP contribution in [0.25, 0.3) is 0 Å². The lowest BCUT2D eigenvalue weighted by Crippen LogP contribution is -2.52. The number of esters is 1. The van der Waals surface area contributed by atoms with Crippen molar-refractivity contribution < 1.29 is 19.1 Å². The summed E-state index contributed by atoms with van der Waals surface area (Å²) in [5.41, 5.74) is 0.989. The number of aliphatic imine (C=N–C) groups is 1. The molecule has 26 heavy (non-hydrogen) atoms. The van der Waals surface area contributed by atoms with E-state index < -0.39 is 23.2 Å². The van der Waals surface area contributed by atoms with E-state index in [-0.39, 0.29) is 18.0 Å². The fourth-order valence-electron chi connectivity index (χ4n) is 3.65. The van der Waals surface area contributed by atoms with Gasteiger partial charge in [-0.3, -0.25) is 19.4 Å². The molecular formula is C21H27NO4. The first kappa shape index (κ1) is 20.0. The van der Waals surface area contributed by atoms with E-state index in [1.807, 2.05) is 37.3 Å². The van der Waals surface area contributed by atoms with E-state index in [2.05, 4.69) is 4.99 Å². The first-order chi connectivity index (χ1) is 12.3. The molecule has 1 fully saturated rings. The first-order valence-electron chi connectivity index (χ1n) is 9.03. The van der Waals surface area contributed by atoms with Gasteiger partial charge in [0, 0.05) is 18.7 Å². The second kappa shape index (κ2) is 8.39. The zero-order valence-electron chi connectivity index (χ0n) is 16.0. The van der Waals surface area contributed by atoms with Gasteiger partial charge >= 0.3 is 5.97 Å². The summed E-state index contributed by atoms with van der Waals surface area (Å²) in [7, 11) is 1.27. The highest BCUT2D eigenvalue weighted by Crippen LogP contribution is 2.40. The number of benzene rings is 1. The molecule has 140 valence electrons. The number of ketones is 2. The van der Waals surface area contributed by atoms with Crippen LogP contribution in [0.15, 0.2) is 35.3 Å². The molecule has 0 saturated heterocycles. The largest absolute Gasteiger partial charge is 0.468 e. The summed E-state index contributed by atoms with van der Waals surface area (Å²) in [6, 6.07) is 9.94. The Morgan fingerprint density at radius 1 is 1.23 bits per heavy atom. The van der Waals surface area contributed by atoms with Crippen molar-refractivity contribution in [3.05, 3.63) is 35.9 Å². The minimum Gasteiger partial charge on any atom is -0.468 e. The normalized spacial score (nSPS) is 23.0. The SMILES string of the molecule is CCC(=NCCc1ccccc1)C1C(=O)CC(C)(C)[C@@H](C(=O)OC)C1=O. The Morgan fingerprint density at radius 2 is 1.88 bits per heavy atom. The number of hydrogen-bond acceptors (Lipinski definition) is 5. The zero-order valence-corrected chi connectivity index (χ0v) is 16.0. The van der Waals surface area contributed by atoms with Gasteiger partial charge in [-0.05, 0) is 23.8 Å². The van der Waals surface area contributed by atoms with Crippen LogP contribution in [0, 0.1) is 17.3 Å². The summed E-state index contributed by atoms with van der Waals surface area (Å²) in [4.78, 5) is 42.4. The van der Waals surface area contributed by atoms with Crippen molar-refractivity contribution in [3.63, 3.8) is 0 Å². The molecule has 1 aromatic carbocycles. The number of Topliss-reactive ketones (excluding diaryl/α,β-unsaturated/α-hetero) is 2. The van der Waals surface area contributed by atoms with Crippen LogP contribution in [0.4, 0.5) is 0 Å². The molecule has 2 atom stereocenters. The molecular weight excluding hydrogens is 330 g/mol. The number of nitrogens with zero attached hydrogens (tertiary/aromatic N) is 1. The van der Waals surface area contributed by atoms with Crippen LogP contribution in [-0.4, -0.2) is 36.9 Å². The van der Waals surface area contributed by atoms with E-state index in [4.69, 9.17) is 4.74 Å². The Morgan fingerprint density at radius 3 is 2.46 bits per heavy atom. The summed E-state index contributed by atoms with van der Waals surface area (Å²) >= 11 is 0. The molecule has 0 heterocycles. The molecule has 0 spiro atoms. The van der Waals surface area contributed by atoms with Gasteiger partial charge in [0.25, 0.3) is 0 Å². The summed E-state index contributed by atoms with van der Waals surface area (Å²) in [6.45, 7) is 5.92. The van der Waals surface area contributed by atoms with Crippen molar-refractivity contribution in [1.82, 2.24) is 0 Å². The molecule has 0 bridgehead atoms. The number of carbonyl (C=O) groups excluding carboxylic acids is 3. The molecule has 0 radical (unpaired) electrons. The Hall–Kier alpha value is -2.30. The van der Waals surface area contributed by atoms with Crippen LogP contribution in [0.5, 0.6) is 0 Å². The van der Waals surface area contributed by atoms with Gasteiger partial charge in [-0.2, -0.15) is 0 Å². The van der Waals surface area contributed by atoms with Gasteiger partial charge in [-0.1, -0.05) is 51.1 Å². The average Bonchev–Trinajstić information content (AvgIpc) is 2.59. The van der Waals surface area contributed by atoms with Crippen molar-refractivity contribution in [2.45, 2.75) is 40.0 Å². The standard InChI is InChI=1S/C21H27NO4/c1-5-15(22-12-11-14-9-7-6-8-10-14)17-16(23)13-21(2,3)18(19(17)24)20(25)26-4/h6-10,17-18H,5,11-13H2,1-4H3/t17?,18-/m1/s1. The number of carbonyl (C=O) groups is 3. The lowest BCUT2D eigenvalue weighted by Gasteiger charge is -2.38. The Bertz CT molecular complexity index is 706. The molecule has 1 unspecified atom stereocenters. The highest BCUT2D eigenvalue weighted by molar-refractivity contribution is 6.26. The number of ether oxygens (including phenoxy) is 1. The molecule has 0 aromatic heterocycles. The van der Waals surface area contributed by atoms with Gasteiger partial charge in [0.1, 0.15) is 17.6 Å². The minimum atomic E-state index is -0.930. The monoisotopic (exact) mass is 357 g/mol. The molecule has 1 saturated carbocycles. The molecule has 0 N–H and O–H groups in total. The fourth-order valence-corrected chi connectivity index (χ4v) is 3.65. The molecule has 2 rings (SSSR count). The van der Waals surface area contributed by atoms with Crippen molar-refractivity contribution in [1.29, 1.82) is 0 Å². The third-order valence-corrected chi connectivity index (χ3v) is 4.99. The maximum Gasteiger partial charge on any atom is 0.316 e. The fraction of sp³-hybridized carbons (Fsp3) is 0.524. The summed E-state index contributed by atoms with van der Waals surface area (Å²) < 4.78 is 4.82. The first-order valence-corrected chi connectivity index (χ1v) is 9.03. The third kappa shape index (κ3) is 4.26. The maximum atomic E-state index is 13.0. The van der Waals surface area contributed by atoms with Gasteiger partial charge in [0.15, 0.2) is 5.78 Å². The lowest BCUT2D eigenvalue weighted by molar-refractivity contribution is -0.159. The minimum absolute atomic E-state index is 0.152. The van der Waals surface area contributed by atoms with Gasteiger partial charge < -0.3 is 4.74 Å². The molecule has 1 aliphatic rings. The Labute approximate surface area is 154 Å². The maximum absolute atomic E-state index is 13.0. The molecule has 1 aromatic rings. The van der Waals surface area contributed by atoms with Gasteiger partial charge in [0.2, 0.25) is 0 Å². The van der Waals surface area contributed by atoms with E-state index >= 15 is 0 Å². The number of methoxy groups -OCH3 is 1. The van der Waals surface area contributed by atoms with Crippen LogP contribution in [0.3, 0.4) is 0 Å². The second-order valence-electron chi connectivity index (χ2n) is 7.39. The molecule has 0 amide bonds. The number of rotatable bonds is 6. The van der Waals surface area contributed by atoms with E-state index in [9.17, 15) is 14.4 Å². The van der Waals surface area contributed by atoms with E-state index in [1.54, 1.807) is 13.8 Å². The predicted molar refractivity (Wildman–Crippen MR) is 100 cm³/mol. The van der Waals surface area contributed by atoms with Crippen LogP contribution in [-0.2, 0) is 25.5 Å². The lowest BCUT2D eigenvalue weighted by atomic mass is 9.63. The van der Waals surface area contributed by atoms with E-state index in [0.717, 1.165) is 12.0 Å². The van der Waals surface area contributed by atoms with Gasteiger partial charge in [0.05, 0.1) is 7.11 Å². The number of hydrogen-bond donors (Lipinski definition) is 0. The molecule has 1 aliphatic carbocycles. The summed E-state index contributed by atoms with van der Waals surface area (Å²) in [5.74, 6) is -2.95. The predicted octanol–water partition coefficient (Wildman–Crippen LogP) is 3.05. The van der Waals surface area contributed by atoms with Crippen molar-refractivity contribution in [2.75, 3.05) is 13.7 Å². The van der Waals surface area contributed by atoms with E-state index in [0.29, 0.717) is 18.7 Å². The Balaban J connectivity index is 2.22. The second-order valence-corrected chi connectivity index (χ2v) is 7.39. The molecule has 5 nitrogen and oxygen atoms in total. The quantitative estimate of drug-likeness (QED) is 0.446. The Kier molecular flexibility index (Phi) is 6.46. The van der Waals surface area contributed by atoms with Crippen molar-refractivity contribution >= 4 is 23.2 Å². The average molecular weight is 357 g/mol. The molecule has 5 heteroatoms. The zero-order chi connectivity index (χ0) is 19.3. The van der Waals surface area contributed by atoms with Crippen molar-refractivity contribution in [3.8, 4) is 0 Å². The van der Waals surface area contributed by atoms with Crippen molar-refractivity contribution in [2.24, 2.45) is 22.2 Å². The molecule has 0 aliphatic heterocycles.